The second kappa shape index (κ2) is 15.8. The molecule has 0 spiro atoms. The van der Waals surface area contributed by atoms with Crippen LogP contribution in [0.15, 0.2) is 52.6 Å². The van der Waals surface area contributed by atoms with Crippen molar-refractivity contribution < 1.29 is 44.5 Å². The monoisotopic (exact) mass is 710 g/mol. The van der Waals surface area contributed by atoms with Crippen LogP contribution in [0.3, 0.4) is 0 Å². The van der Waals surface area contributed by atoms with E-state index in [1.165, 1.54) is 28.4 Å². The molecule has 272 valence electrons. The number of hydrogen-bond acceptors (Lipinski definition) is 10. The van der Waals surface area contributed by atoms with E-state index in [0.717, 1.165) is 63.5 Å². The largest absolute Gasteiger partial charge is 0.716 e. The Kier molecular flexibility index (Phi) is 13.2. The van der Waals surface area contributed by atoms with Gasteiger partial charge in [0.1, 0.15) is 11.5 Å². The molecule has 0 heterocycles. The van der Waals surface area contributed by atoms with E-state index in [9.17, 15) is 36.2 Å². The zero-order valence-corrected chi connectivity index (χ0v) is 31.1. The molecule has 0 fully saturated rings. The molecule has 0 amide bonds. The minimum atomic E-state index is -5.12. The van der Waals surface area contributed by atoms with Crippen LogP contribution < -0.4 is 8.37 Å². The molecule has 0 aliphatic heterocycles. The summed E-state index contributed by atoms with van der Waals surface area (Å²) in [4.78, 5) is 0. The summed E-state index contributed by atoms with van der Waals surface area (Å²) in [5.74, 6) is -0.330. The minimum absolute atomic E-state index is 0.0564. The van der Waals surface area contributed by atoms with Crippen molar-refractivity contribution in [3.8, 4) is 11.5 Å². The maximum Gasteiger partial charge on any atom is 0.262 e. The fourth-order valence-corrected chi connectivity index (χ4v) is 8.34. The third-order valence-electron chi connectivity index (χ3n) is 10.8. The van der Waals surface area contributed by atoms with Crippen molar-refractivity contribution >= 4 is 20.8 Å². The molecule has 5 atom stereocenters. The van der Waals surface area contributed by atoms with Crippen LogP contribution in [-0.2, 0) is 27.2 Å². The first-order valence-corrected chi connectivity index (χ1v) is 19.6. The highest BCUT2D eigenvalue weighted by atomic mass is 32.3. The van der Waals surface area contributed by atoms with E-state index in [2.05, 4.69) is 44.0 Å². The smallest absolute Gasteiger partial charge is 0.262 e. The van der Waals surface area contributed by atoms with E-state index >= 15 is 0 Å². The molecule has 2 N–H and O–H groups in total. The molecule has 3 rings (SSSR count). The third-order valence-corrected chi connectivity index (χ3v) is 11.5. The molecule has 0 bridgehead atoms. The normalized spacial score (nSPS) is 25.6. The zero-order valence-electron chi connectivity index (χ0n) is 29.5. The summed E-state index contributed by atoms with van der Waals surface area (Å²) < 4.78 is 77.8. The van der Waals surface area contributed by atoms with Crippen molar-refractivity contribution in [3.63, 3.8) is 0 Å². The van der Waals surface area contributed by atoms with E-state index in [4.69, 9.17) is 4.18 Å². The van der Waals surface area contributed by atoms with Gasteiger partial charge in [-0.2, -0.15) is 0 Å². The Balaban J connectivity index is 1.81. The lowest BCUT2D eigenvalue weighted by molar-refractivity contribution is -0.0691. The highest BCUT2D eigenvalue weighted by Crippen LogP contribution is 2.58. The van der Waals surface area contributed by atoms with Gasteiger partial charge in [0, 0.05) is 5.56 Å². The Morgan fingerprint density at radius 2 is 1.71 bits per heavy atom. The number of allylic oxidation sites excluding steroid dienone is 6. The fraction of sp³-hybridized carbons (Fsp3) is 0.667. The molecule has 0 radical (unpaired) electrons. The SMILES string of the molecule is CC(C)=CCC[C@@](C)(O)[C@@H](O)CC/C(C)=C/CCC1(C)CCCC2=C1CC[C@H](C)[C@@]2(C)Cc1cc(OS(=O)(=O)[O-])ccc1OS(=O)(=O)[O-]. The van der Waals surface area contributed by atoms with E-state index < -0.39 is 37.9 Å². The molecule has 1 aromatic rings. The van der Waals surface area contributed by atoms with Crippen LogP contribution in [0.5, 0.6) is 11.5 Å². The van der Waals surface area contributed by atoms with Crippen LogP contribution >= 0.6 is 0 Å². The maximum atomic E-state index is 11.5. The summed E-state index contributed by atoms with van der Waals surface area (Å²) in [6, 6.07) is 3.48. The molecule has 2 aliphatic carbocycles. The molecular formula is C36H54O10S2-2. The van der Waals surface area contributed by atoms with Gasteiger partial charge in [-0.15, -0.1) is 0 Å². The molecular weight excluding hydrogens is 657 g/mol. The number of benzene rings is 1. The van der Waals surface area contributed by atoms with Crippen molar-refractivity contribution in [1.82, 2.24) is 0 Å². The maximum absolute atomic E-state index is 11.5. The summed E-state index contributed by atoms with van der Waals surface area (Å²) in [6.07, 6.45) is 12.7. The van der Waals surface area contributed by atoms with Crippen molar-refractivity contribution in [3.05, 3.63) is 58.2 Å². The highest BCUT2D eigenvalue weighted by Gasteiger charge is 2.46. The molecule has 1 unspecified atom stereocenters. The number of rotatable bonds is 16. The Labute approximate surface area is 288 Å². The van der Waals surface area contributed by atoms with Crippen molar-refractivity contribution in [2.75, 3.05) is 0 Å². The molecule has 2 aliphatic rings. The Morgan fingerprint density at radius 3 is 2.33 bits per heavy atom. The summed E-state index contributed by atoms with van der Waals surface area (Å²) in [6.45, 7) is 14.4. The van der Waals surface area contributed by atoms with Crippen LogP contribution in [0.25, 0.3) is 0 Å². The second-order valence-electron chi connectivity index (χ2n) is 15.0. The minimum Gasteiger partial charge on any atom is -0.716 e. The van der Waals surface area contributed by atoms with E-state index in [1.54, 1.807) is 6.92 Å². The fourth-order valence-electron chi connectivity index (χ4n) is 7.62. The number of aliphatic hydroxyl groups excluding tert-OH is 1. The summed E-state index contributed by atoms with van der Waals surface area (Å²) in [5, 5.41) is 21.5. The summed E-state index contributed by atoms with van der Waals surface area (Å²) >= 11 is 0. The molecule has 10 nitrogen and oxygen atoms in total. The lowest BCUT2D eigenvalue weighted by atomic mass is 9.54. The third kappa shape index (κ3) is 11.1. The average Bonchev–Trinajstić information content (AvgIpc) is 2.93. The van der Waals surface area contributed by atoms with Crippen molar-refractivity contribution in [2.45, 2.75) is 137 Å². The van der Waals surface area contributed by atoms with Crippen LogP contribution in [0.2, 0.25) is 0 Å². The average molecular weight is 711 g/mol. The lowest BCUT2D eigenvalue weighted by Gasteiger charge is -2.51. The first-order chi connectivity index (χ1) is 22.0. The van der Waals surface area contributed by atoms with Gasteiger partial charge in [-0.05, 0) is 140 Å². The van der Waals surface area contributed by atoms with Gasteiger partial charge in [0.15, 0.2) is 0 Å². The Morgan fingerprint density at radius 1 is 1.04 bits per heavy atom. The van der Waals surface area contributed by atoms with Crippen molar-refractivity contribution in [2.24, 2.45) is 16.7 Å². The van der Waals surface area contributed by atoms with Gasteiger partial charge in [-0.3, -0.25) is 0 Å². The lowest BCUT2D eigenvalue weighted by Crippen LogP contribution is -2.40. The Hall–Kier alpha value is -2.22. The van der Waals surface area contributed by atoms with Crippen LogP contribution in [0.1, 0.15) is 125 Å². The van der Waals surface area contributed by atoms with Crippen LogP contribution in [0.4, 0.5) is 0 Å². The molecule has 12 heteroatoms. The molecule has 0 aromatic heterocycles. The van der Waals surface area contributed by atoms with Gasteiger partial charge >= 0.3 is 0 Å². The molecule has 0 saturated heterocycles. The molecule has 1 aromatic carbocycles. The van der Waals surface area contributed by atoms with E-state index in [-0.39, 0.29) is 34.8 Å². The summed E-state index contributed by atoms with van der Waals surface area (Å²) in [5.41, 5.74) is 3.67. The second-order valence-corrected chi connectivity index (χ2v) is 16.9. The van der Waals surface area contributed by atoms with Gasteiger partial charge in [0.25, 0.3) is 20.8 Å². The molecule has 0 saturated carbocycles. The van der Waals surface area contributed by atoms with Gasteiger partial charge in [-0.25, -0.2) is 16.8 Å². The van der Waals surface area contributed by atoms with E-state index in [1.807, 2.05) is 13.8 Å². The van der Waals surface area contributed by atoms with Crippen LogP contribution in [0, 0.1) is 16.7 Å². The summed E-state index contributed by atoms with van der Waals surface area (Å²) in [7, 11) is -10.2. The topological polar surface area (TPSA) is 173 Å². The zero-order chi connectivity index (χ0) is 36.1. The number of hydrogen-bond donors (Lipinski definition) is 2. The number of aliphatic hydroxyl groups is 2. The Bertz CT molecular complexity index is 1600. The van der Waals surface area contributed by atoms with Gasteiger partial charge in [-0.1, -0.05) is 55.2 Å². The van der Waals surface area contributed by atoms with Crippen molar-refractivity contribution in [1.29, 1.82) is 0 Å². The predicted molar refractivity (Wildman–Crippen MR) is 184 cm³/mol. The quantitative estimate of drug-likeness (QED) is 0.101. The van der Waals surface area contributed by atoms with Gasteiger partial charge in [0.05, 0.1) is 11.7 Å². The highest BCUT2D eigenvalue weighted by molar-refractivity contribution is 7.81. The predicted octanol–water partition coefficient (Wildman–Crippen LogP) is 7.20. The van der Waals surface area contributed by atoms with E-state index in [0.29, 0.717) is 19.3 Å². The first kappa shape index (κ1) is 40.2. The molecule has 48 heavy (non-hydrogen) atoms. The van der Waals surface area contributed by atoms with Crippen LogP contribution in [-0.4, -0.2) is 47.9 Å². The first-order valence-electron chi connectivity index (χ1n) is 16.9. The van der Waals surface area contributed by atoms with Gasteiger partial charge < -0.3 is 27.7 Å². The van der Waals surface area contributed by atoms with Gasteiger partial charge in [0.2, 0.25) is 0 Å². The standard InChI is InChI=1S/C36H56O10S2/c1-25(2)11-8-22-36(7,38)33(37)19-14-26(3)12-9-20-34(5)21-10-13-31-30(34)17-15-27(4)35(31,6)24-28-23-29(45-47(39,40)41)16-18-32(28)46-48(42,43)44/h11-12,16,18,23,27,33,37-38H,8-10,13-15,17,19-22,24H2,1-7H3,(H,39,40,41)(H,42,43,44)/p-2/b26-12+/t27-,33-,34?,35+,36+/m0/s1.